The molecule has 0 bridgehead atoms. The molecule has 0 unspecified atom stereocenters. The summed E-state index contributed by atoms with van der Waals surface area (Å²) >= 11 is 3.46. The molecular formula is C12H12BrNO. The number of nitrogens with zero attached hydrogens (tertiary/aromatic N) is 1. The normalized spacial score (nSPS) is 10.2. The molecule has 1 aromatic rings. The second kappa shape index (κ2) is 6.26. The molecule has 1 aromatic carbocycles. The summed E-state index contributed by atoms with van der Waals surface area (Å²) in [5.74, 6) is 0.832. The Labute approximate surface area is 98.3 Å². The second-order valence-electron chi connectivity index (χ2n) is 2.99. The standard InChI is InChI=1S/C12H12BrNO/c1-15-11-6-7-12(13)10(9-11)5-3-2-4-8-14/h3,5-7,9H,2,4H2,1H3/b5-3+. The van der Waals surface area contributed by atoms with E-state index in [1.807, 2.05) is 30.4 Å². The Balaban J connectivity index is 2.75. The monoisotopic (exact) mass is 265 g/mol. The number of methoxy groups -OCH3 is 1. The first-order chi connectivity index (χ1) is 7.27. The average Bonchev–Trinajstić information content (AvgIpc) is 2.26. The Morgan fingerprint density at radius 3 is 3.00 bits per heavy atom. The van der Waals surface area contributed by atoms with Crippen LogP contribution in [0.15, 0.2) is 28.7 Å². The van der Waals surface area contributed by atoms with Crippen LogP contribution in [0.3, 0.4) is 0 Å². The van der Waals surface area contributed by atoms with Crippen LogP contribution in [0, 0.1) is 11.3 Å². The Hall–Kier alpha value is -1.27. The molecule has 0 aromatic heterocycles. The van der Waals surface area contributed by atoms with Crippen LogP contribution in [0.2, 0.25) is 0 Å². The van der Waals surface area contributed by atoms with Crippen LogP contribution < -0.4 is 4.74 Å². The van der Waals surface area contributed by atoms with Crippen molar-refractivity contribution in [2.45, 2.75) is 12.8 Å². The van der Waals surface area contributed by atoms with E-state index in [1.165, 1.54) is 0 Å². The number of halogens is 1. The molecular weight excluding hydrogens is 254 g/mol. The topological polar surface area (TPSA) is 33.0 Å². The van der Waals surface area contributed by atoms with Crippen molar-refractivity contribution in [3.05, 3.63) is 34.3 Å². The molecule has 15 heavy (non-hydrogen) atoms. The smallest absolute Gasteiger partial charge is 0.119 e. The highest BCUT2D eigenvalue weighted by atomic mass is 79.9. The van der Waals surface area contributed by atoms with Crippen LogP contribution in [0.1, 0.15) is 18.4 Å². The summed E-state index contributed by atoms with van der Waals surface area (Å²) in [4.78, 5) is 0. The van der Waals surface area contributed by atoms with Gasteiger partial charge in [0.25, 0.3) is 0 Å². The van der Waals surface area contributed by atoms with Crippen molar-refractivity contribution < 1.29 is 4.74 Å². The quantitative estimate of drug-likeness (QED) is 0.777. The molecule has 0 amide bonds. The molecule has 0 aliphatic heterocycles. The highest BCUT2D eigenvalue weighted by Crippen LogP contribution is 2.23. The molecule has 0 radical (unpaired) electrons. The van der Waals surface area contributed by atoms with Gasteiger partial charge in [0, 0.05) is 10.9 Å². The predicted octanol–water partition coefficient (Wildman–Crippen LogP) is 3.77. The number of nitriles is 1. The summed E-state index contributed by atoms with van der Waals surface area (Å²) in [6.45, 7) is 0. The van der Waals surface area contributed by atoms with Crippen LogP contribution in [0.25, 0.3) is 6.08 Å². The molecule has 2 nitrogen and oxygen atoms in total. The molecule has 0 heterocycles. The number of hydrogen-bond donors (Lipinski definition) is 0. The highest BCUT2D eigenvalue weighted by molar-refractivity contribution is 9.10. The fourth-order valence-electron chi connectivity index (χ4n) is 1.13. The molecule has 0 aliphatic rings. The molecule has 0 N–H and O–H groups in total. The van der Waals surface area contributed by atoms with E-state index >= 15 is 0 Å². The van der Waals surface area contributed by atoms with Gasteiger partial charge in [-0.1, -0.05) is 28.1 Å². The van der Waals surface area contributed by atoms with Gasteiger partial charge >= 0.3 is 0 Å². The number of ether oxygens (including phenoxy) is 1. The van der Waals surface area contributed by atoms with Gasteiger partial charge in [-0.15, -0.1) is 0 Å². The molecule has 1 rings (SSSR count). The lowest BCUT2D eigenvalue weighted by Crippen LogP contribution is -1.83. The largest absolute Gasteiger partial charge is 0.497 e. The van der Waals surface area contributed by atoms with Gasteiger partial charge in [-0.05, 0) is 30.2 Å². The molecule has 0 atom stereocenters. The summed E-state index contributed by atoms with van der Waals surface area (Å²) in [6.07, 6.45) is 5.31. The van der Waals surface area contributed by atoms with Crippen molar-refractivity contribution in [2.75, 3.05) is 7.11 Å². The first-order valence-corrected chi connectivity index (χ1v) is 5.44. The third kappa shape index (κ3) is 3.77. The molecule has 0 saturated heterocycles. The van der Waals surface area contributed by atoms with Crippen molar-refractivity contribution in [1.82, 2.24) is 0 Å². The van der Waals surface area contributed by atoms with E-state index in [2.05, 4.69) is 22.0 Å². The van der Waals surface area contributed by atoms with Crippen LogP contribution >= 0.6 is 15.9 Å². The Morgan fingerprint density at radius 2 is 2.33 bits per heavy atom. The SMILES string of the molecule is COc1ccc(Br)c(/C=C/CCC#N)c1. The van der Waals surface area contributed by atoms with E-state index in [1.54, 1.807) is 7.11 Å². The summed E-state index contributed by atoms with van der Waals surface area (Å²) in [7, 11) is 1.65. The predicted molar refractivity (Wildman–Crippen MR) is 64.6 cm³/mol. The van der Waals surface area contributed by atoms with Crippen molar-refractivity contribution in [1.29, 1.82) is 5.26 Å². The van der Waals surface area contributed by atoms with Crippen LogP contribution in [0.5, 0.6) is 5.75 Å². The number of unbranched alkanes of at least 4 members (excludes halogenated alkanes) is 1. The lowest BCUT2D eigenvalue weighted by Gasteiger charge is -2.02. The van der Waals surface area contributed by atoms with Crippen LogP contribution in [-0.4, -0.2) is 7.11 Å². The second-order valence-corrected chi connectivity index (χ2v) is 3.84. The van der Waals surface area contributed by atoms with Crippen molar-refractivity contribution >= 4 is 22.0 Å². The third-order valence-electron chi connectivity index (χ3n) is 1.92. The van der Waals surface area contributed by atoms with E-state index in [0.29, 0.717) is 6.42 Å². The van der Waals surface area contributed by atoms with Crippen LogP contribution in [-0.2, 0) is 0 Å². The van der Waals surface area contributed by atoms with Gasteiger partial charge in [0.1, 0.15) is 5.75 Å². The first-order valence-electron chi connectivity index (χ1n) is 4.65. The van der Waals surface area contributed by atoms with E-state index < -0.39 is 0 Å². The minimum atomic E-state index is 0.554. The summed E-state index contributed by atoms with van der Waals surface area (Å²) in [5, 5.41) is 8.39. The van der Waals surface area contributed by atoms with E-state index in [4.69, 9.17) is 10.00 Å². The van der Waals surface area contributed by atoms with Gasteiger partial charge < -0.3 is 4.74 Å². The van der Waals surface area contributed by atoms with Gasteiger partial charge in [-0.25, -0.2) is 0 Å². The highest BCUT2D eigenvalue weighted by Gasteiger charge is 1.97. The van der Waals surface area contributed by atoms with Crippen LogP contribution in [0.4, 0.5) is 0 Å². The maximum absolute atomic E-state index is 8.39. The minimum absolute atomic E-state index is 0.554. The fraction of sp³-hybridized carbons (Fsp3) is 0.250. The Bertz CT molecular complexity index is 393. The van der Waals surface area contributed by atoms with Gasteiger partial charge in [0.05, 0.1) is 13.2 Å². The Kier molecular flexibility index (Phi) is 4.92. The molecule has 0 spiro atoms. The van der Waals surface area contributed by atoms with E-state index in [9.17, 15) is 0 Å². The number of allylic oxidation sites excluding steroid dienone is 1. The third-order valence-corrected chi connectivity index (χ3v) is 2.65. The summed E-state index contributed by atoms with van der Waals surface area (Å²) in [5.41, 5.74) is 1.06. The Morgan fingerprint density at radius 1 is 1.53 bits per heavy atom. The number of benzene rings is 1. The zero-order valence-corrected chi connectivity index (χ0v) is 10.1. The van der Waals surface area contributed by atoms with Gasteiger partial charge in [-0.2, -0.15) is 5.26 Å². The lowest BCUT2D eigenvalue weighted by molar-refractivity contribution is 0.414. The zero-order chi connectivity index (χ0) is 11.1. The first kappa shape index (κ1) is 11.8. The zero-order valence-electron chi connectivity index (χ0n) is 8.53. The van der Waals surface area contributed by atoms with Crippen molar-refractivity contribution in [3.8, 4) is 11.8 Å². The molecule has 3 heteroatoms. The molecule has 0 aliphatic carbocycles. The van der Waals surface area contributed by atoms with Gasteiger partial charge in [0.2, 0.25) is 0 Å². The summed E-state index contributed by atoms with van der Waals surface area (Å²) in [6, 6.07) is 7.90. The van der Waals surface area contributed by atoms with E-state index in [0.717, 1.165) is 22.2 Å². The average molecular weight is 266 g/mol. The number of hydrogen-bond acceptors (Lipinski definition) is 2. The molecule has 0 saturated carbocycles. The molecule has 78 valence electrons. The minimum Gasteiger partial charge on any atom is -0.497 e. The summed E-state index contributed by atoms with van der Waals surface area (Å²) < 4.78 is 6.15. The number of rotatable bonds is 4. The van der Waals surface area contributed by atoms with Crippen molar-refractivity contribution in [2.24, 2.45) is 0 Å². The van der Waals surface area contributed by atoms with Crippen molar-refractivity contribution in [3.63, 3.8) is 0 Å². The fourth-order valence-corrected chi connectivity index (χ4v) is 1.51. The maximum atomic E-state index is 8.39. The lowest BCUT2D eigenvalue weighted by atomic mass is 10.2. The maximum Gasteiger partial charge on any atom is 0.119 e. The van der Waals surface area contributed by atoms with Gasteiger partial charge in [0.15, 0.2) is 0 Å². The molecule has 0 fully saturated rings. The van der Waals surface area contributed by atoms with E-state index in [-0.39, 0.29) is 0 Å². The van der Waals surface area contributed by atoms with Gasteiger partial charge in [-0.3, -0.25) is 0 Å².